The molecule has 0 saturated heterocycles. The van der Waals surface area contributed by atoms with E-state index >= 15 is 0 Å². The first kappa shape index (κ1) is 19.4. The molecule has 0 aliphatic carbocycles. The van der Waals surface area contributed by atoms with E-state index in [2.05, 4.69) is 41.4 Å². The summed E-state index contributed by atoms with van der Waals surface area (Å²) in [7, 11) is 0. The van der Waals surface area contributed by atoms with Crippen molar-refractivity contribution in [2.75, 3.05) is 0 Å². The van der Waals surface area contributed by atoms with E-state index in [4.69, 9.17) is 8.94 Å². The minimum Gasteiger partial charge on any atom is -0.441 e. The van der Waals surface area contributed by atoms with Crippen molar-refractivity contribution in [1.29, 1.82) is 0 Å². The van der Waals surface area contributed by atoms with Crippen molar-refractivity contribution in [2.45, 2.75) is 20.4 Å². The molecule has 31 heavy (non-hydrogen) atoms. The molecule has 0 bridgehead atoms. The Labute approximate surface area is 186 Å². The lowest BCUT2D eigenvalue weighted by molar-refractivity contribution is 0.430. The smallest absolute Gasteiger partial charge is 0.280 e. The molecule has 0 saturated carbocycles. The average Bonchev–Trinajstić information content (AvgIpc) is 3.49. The number of oxazole rings is 1. The lowest BCUT2D eigenvalue weighted by atomic mass is 10.2. The third-order valence-electron chi connectivity index (χ3n) is 4.94. The normalized spacial score (nSPS) is 11.2. The summed E-state index contributed by atoms with van der Waals surface area (Å²) in [6.45, 7) is 4.22. The van der Waals surface area contributed by atoms with Gasteiger partial charge in [0.25, 0.3) is 5.89 Å². The van der Waals surface area contributed by atoms with Crippen LogP contribution < -0.4 is 0 Å². The number of aryl methyl sites for hydroxylation is 1. The van der Waals surface area contributed by atoms with Crippen molar-refractivity contribution in [2.24, 2.45) is 0 Å². The number of nitrogens with zero attached hydrogens (tertiary/aromatic N) is 6. The molecule has 5 rings (SSSR count). The van der Waals surface area contributed by atoms with Crippen LogP contribution in [-0.4, -0.2) is 30.1 Å². The zero-order valence-corrected chi connectivity index (χ0v) is 18.4. The van der Waals surface area contributed by atoms with Gasteiger partial charge in [-0.3, -0.25) is 0 Å². The van der Waals surface area contributed by atoms with Gasteiger partial charge < -0.3 is 8.94 Å². The summed E-state index contributed by atoms with van der Waals surface area (Å²) in [5.74, 6) is 2.12. The van der Waals surface area contributed by atoms with Crippen molar-refractivity contribution >= 4 is 15.9 Å². The Kier molecular flexibility index (Phi) is 4.95. The standard InChI is InChI=1S/C22H17BrN6O2/c1-13-19(22-25-20(27-31-22)16-10-6-7-11-17(16)23)26-28-29(13)12-18-14(2)30-21(24-18)15-8-4-3-5-9-15/h3-11H,12H2,1-2H3. The highest BCUT2D eigenvalue weighted by molar-refractivity contribution is 9.10. The summed E-state index contributed by atoms with van der Waals surface area (Å²) in [5, 5.41) is 12.6. The van der Waals surface area contributed by atoms with Crippen molar-refractivity contribution in [3.63, 3.8) is 0 Å². The molecule has 0 N–H and O–H groups in total. The summed E-state index contributed by atoms with van der Waals surface area (Å²) in [4.78, 5) is 9.14. The van der Waals surface area contributed by atoms with Gasteiger partial charge in [-0.1, -0.05) is 56.6 Å². The molecule has 9 heteroatoms. The first-order valence-corrected chi connectivity index (χ1v) is 10.4. The maximum Gasteiger partial charge on any atom is 0.280 e. The molecule has 154 valence electrons. The van der Waals surface area contributed by atoms with E-state index in [0.717, 1.165) is 32.7 Å². The molecule has 0 radical (unpaired) electrons. The maximum atomic E-state index is 5.85. The summed E-state index contributed by atoms with van der Waals surface area (Å²) in [6, 6.07) is 17.5. The Morgan fingerprint density at radius 3 is 2.52 bits per heavy atom. The molecule has 3 aromatic heterocycles. The lowest BCUT2D eigenvalue weighted by Crippen LogP contribution is -2.05. The van der Waals surface area contributed by atoms with Crippen LogP contribution in [0.4, 0.5) is 0 Å². The number of aromatic nitrogens is 6. The fourth-order valence-corrected chi connectivity index (χ4v) is 3.66. The van der Waals surface area contributed by atoms with E-state index in [1.807, 2.05) is 68.4 Å². The van der Waals surface area contributed by atoms with E-state index in [1.165, 1.54) is 0 Å². The molecule has 0 aliphatic heterocycles. The van der Waals surface area contributed by atoms with Gasteiger partial charge in [0.15, 0.2) is 5.69 Å². The highest BCUT2D eigenvalue weighted by Gasteiger charge is 2.20. The van der Waals surface area contributed by atoms with Crippen molar-refractivity contribution < 1.29 is 8.94 Å². The second kappa shape index (κ2) is 7.92. The minimum atomic E-state index is 0.316. The molecule has 8 nitrogen and oxygen atoms in total. The summed E-state index contributed by atoms with van der Waals surface area (Å²) in [5.41, 5.74) is 3.89. The number of benzene rings is 2. The molecule has 0 unspecified atom stereocenters. The first-order chi connectivity index (χ1) is 15.1. The summed E-state index contributed by atoms with van der Waals surface area (Å²) in [6.07, 6.45) is 0. The van der Waals surface area contributed by atoms with Crippen LogP contribution in [0, 0.1) is 13.8 Å². The predicted octanol–water partition coefficient (Wildman–Crippen LogP) is 5.08. The van der Waals surface area contributed by atoms with Gasteiger partial charge in [-0.25, -0.2) is 9.67 Å². The van der Waals surface area contributed by atoms with E-state index in [1.54, 1.807) is 4.68 Å². The van der Waals surface area contributed by atoms with Crippen LogP contribution in [0.2, 0.25) is 0 Å². The molecule has 5 aromatic rings. The van der Waals surface area contributed by atoms with Gasteiger partial charge in [0.1, 0.15) is 11.5 Å². The van der Waals surface area contributed by atoms with Crippen LogP contribution in [0.5, 0.6) is 0 Å². The SMILES string of the molecule is Cc1oc(-c2ccccc2)nc1Cn1nnc(-c2nc(-c3ccccc3Br)no2)c1C. The van der Waals surface area contributed by atoms with Gasteiger partial charge in [0.2, 0.25) is 11.7 Å². The highest BCUT2D eigenvalue weighted by atomic mass is 79.9. The highest BCUT2D eigenvalue weighted by Crippen LogP contribution is 2.28. The zero-order valence-electron chi connectivity index (χ0n) is 16.8. The van der Waals surface area contributed by atoms with Crippen LogP contribution in [0.15, 0.2) is 68.0 Å². The van der Waals surface area contributed by atoms with Gasteiger partial charge in [0.05, 0.1) is 12.2 Å². The molecular weight excluding hydrogens is 460 g/mol. The van der Waals surface area contributed by atoms with Crippen LogP contribution in [-0.2, 0) is 6.54 Å². The van der Waals surface area contributed by atoms with Crippen molar-refractivity contribution in [1.82, 2.24) is 30.1 Å². The van der Waals surface area contributed by atoms with Crippen molar-refractivity contribution in [3.05, 3.63) is 76.2 Å². The van der Waals surface area contributed by atoms with Crippen LogP contribution in [0.1, 0.15) is 17.1 Å². The van der Waals surface area contributed by atoms with Gasteiger partial charge in [0, 0.05) is 15.6 Å². The van der Waals surface area contributed by atoms with Crippen LogP contribution in [0.3, 0.4) is 0 Å². The first-order valence-electron chi connectivity index (χ1n) is 9.61. The largest absolute Gasteiger partial charge is 0.441 e. The van der Waals surface area contributed by atoms with Gasteiger partial charge in [-0.05, 0) is 38.1 Å². The molecule has 2 aromatic carbocycles. The van der Waals surface area contributed by atoms with Crippen LogP contribution >= 0.6 is 15.9 Å². The van der Waals surface area contributed by atoms with Gasteiger partial charge >= 0.3 is 0 Å². The molecule has 0 aliphatic rings. The fourth-order valence-electron chi connectivity index (χ4n) is 3.20. The molecule has 0 atom stereocenters. The second-order valence-corrected chi connectivity index (χ2v) is 7.83. The van der Waals surface area contributed by atoms with E-state index in [0.29, 0.717) is 29.8 Å². The summed E-state index contributed by atoms with van der Waals surface area (Å²) >= 11 is 3.51. The fraction of sp³-hybridized carbons (Fsp3) is 0.136. The van der Waals surface area contributed by atoms with E-state index < -0.39 is 0 Å². The topological polar surface area (TPSA) is 95.7 Å². The van der Waals surface area contributed by atoms with Gasteiger partial charge in [-0.15, -0.1) is 5.10 Å². The predicted molar refractivity (Wildman–Crippen MR) is 117 cm³/mol. The molecule has 3 heterocycles. The molecule has 0 spiro atoms. The zero-order chi connectivity index (χ0) is 21.4. The second-order valence-electron chi connectivity index (χ2n) is 6.97. The Balaban J connectivity index is 1.42. The van der Waals surface area contributed by atoms with E-state index in [9.17, 15) is 0 Å². The number of hydrogen-bond donors (Lipinski definition) is 0. The quantitative estimate of drug-likeness (QED) is 0.349. The lowest BCUT2D eigenvalue weighted by Gasteiger charge is -2.00. The van der Waals surface area contributed by atoms with Crippen molar-refractivity contribution in [3.8, 4) is 34.4 Å². The minimum absolute atomic E-state index is 0.316. The third-order valence-corrected chi connectivity index (χ3v) is 5.63. The molecule has 0 fully saturated rings. The summed E-state index contributed by atoms with van der Waals surface area (Å²) < 4.78 is 13.9. The van der Waals surface area contributed by atoms with Crippen LogP contribution in [0.25, 0.3) is 34.4 Å². The van der Waals surface area contributed by atoms with Gasteiger partial charge in [-0.2, -0.15) is 4.98 Å². The monoisotopic (exact) mass is 476 g/mol. The Morgan fingerprint density at radius 1 is 0.935 bits per heavy atom. The maximum absolute atomic E-state index is 5.85. The number of halogens is 1. The third kappa shape index (κ3) is 3.68. The Hall–Kier alpha value is -3.59. The molecule has 0 amide bonds. The number of rotatable bonds is 5. The van der Waals surface area contributed by atoms with E-state index in [-0.39, 0.29) is 0 Å². The Morgan fingerprint density at radius 2 is 1.71 bits per heavy atom. The number of hydrogen-bond acceptors (Lipinski definition) is 7. The average molecular weight is 477 g/mol. The molecular formula is C22H17BrN6O2. The Bertz CT molecular complexity index is 1360.